The Hall–Kier alpha value is -0.930. The van der Waals surface area contributed by atoms with Crippen molar-refractivity contribution in [1.29, 1.82) is 0 Å². The summed E-state index contributed by atoms with van der Waals surface area (Å²) in [7, 11) is 0. The number of benzene rings is 1. The number of carbonyl (C=O) groups excluding carboxylic acids is 1. The van der Waals surface area contributed by atoms with Crippen LogP contribution in [0.3, 0.4) is 0 Å². The summed E-state index contributed by atoms with van der Waals surface area (Å²) in [6, 6.07) is 10.2. The van der Waals surface area contributed by atoms with Crippen molar-refractivity contribution in [1.82, 2.24) is 0 Å². The molecule has 0 N–H and O–H groups in total. The lowest BCUT2D eigenvalue weighted by Gasteiger charge is -2.11. The molecular formula is C13H9BrOS. The molecular weight excluding hydrogens is 284 g/mol. The summed E-state index contributed by atoms with van der Waals surface area (Å²) in [5, 5.41) is 2.01. The van der Waals surface area contributed by atoms with Crippen LogP contribution in [-0.4, -0.2) is 5.78 Å². The molecule has 16 heavy (non-hydrogen) atoms. The van der Waals surface area contributed by atoms with Gasteiger partial charge in [-0.05, 0) is 28.6 Å². The molecule has 0 spiro atoms. The predicted molar refractivity (Wildman–Crippen MR) is 69.3 cm³/mol. The minimum Gasteiger partial charge on any atom is -0.293 e. The van der Waals surface area contributed by atoms with E-state index in [1.54, 1.807) is 11.3 Å². The fourth-order valence-corrected chi connectivity index (χ4v) is 3.72. The van der Waals surface area contributed by atoms with Crippen LogP contribution in [0.5, 0.6) is 0 Å². The first kappa shape index (κ1) is 10.2. The van der Waals surface area contributed by atoms with E-state index < -0.39 is 0 Å². The Labute approximate surface area is 106 Å². The second kappa shape index (κ2) is 3.82. The van der Waals surface area contributed by atoms with E-state index in [2.05, 4.69) is 28.1 Å². The van der Waals surface area contributed by atoms with Gasteiger partial charge in [0.2, 0.25) is 0 Å². The van der Waals surface area contributed by atoms with Gasteiger partial charge in [-0.3, -0.25) is 4.79 Å². The normalized spacial score (nSPS) is 18.8. The molecule has 0 amide bonds. The Balaban J connectivity index is 2.12. The van der Waals surface area contributed by atoms with Gasteiger partial charge in [-0.2, -0.15) is 0 Å². The molecule has 0 bridgehead atoms. The maximum atomic E-state index is 11.8. The van der Waals surface area contributed by atoms with Crippen LogP contribution in [0, 0.1) is 0 Å². The van der Waals surface area contributed by atoms with Crippen LogP contribution in [0.1, 0.15) is 33.1 Å². The van der Waals surface area contributed by atoms with Gasteiger partial charge in [-0.15, -0.1) is 11.3 Å². The Kier molecular flexibility index (Phi) is 2.45. The molecule has 0 fully saturated rings. The van der Waals surface area contributed by atoms with Crippen LogP contribution >= 0.6 is 27.3 Å². The number of ketones is 1. The van der Waals surface area contributed by atoms with Crippen molar-refractivity contribution in [3.8, 4) is 0 Å². The van der Waals surface area contributed by atoms with Crippen molar-refractivity contribution in [3.63, 3.8) is 0 Å². The summed E-state index contributed by atoms with van der Waals surface area (Å²) in [6.07, 6.45) is 0.616. The molecule has 1 heterocycles. The number of fused-ring (bicyclic) bond motifs is 1. The molecule has 0 aliphatic heterocycles. The first-order valence-corrected chi connectivity index (χ1v) is 6.79. The van der Waals surface area contributed by atoms with Gasteiger partial charge >= 0.3 is 0 Å². The molecule has 1 atom stereocenters. The van der Waals surface area contributed by atoms with Crippen LogP contribution in [-0.2, 0) is 0 Å². The van der Waals surface area contributed by atoms with Crippen LogP contribution in [0.2, 0.25) is 0 Å². The maximum Gasteiger partial charge on any atom is 0.174 e. The highest BCUT2D eigenvalue weighted by molar-refractivity contribution is 9.10. The minimum atomic E-state index is 0.240. The molecule has 1 unspecified atom stereocenters. The number of Topliss-reactive ketones (excluding diaryl/α,β-unsaturated/α-hetero) is 1. The molecule has 1 nitrogen and oxygen atoms in total. The molecule has 1 aromatic heterocycles. The Bertz CT molecular complexity index is 559. The average molecular weight is 293 g/mol. The van der Waals surface area contributed by atoms with Gasteiger partial charge in [0.25, 0.3) is 0 Å². The maximum absolute atomic E-state index is 11.8. The lowest BCUT2D eigenvalue weighted by atomic mass is 9.94. The standard InChI is InChI=1S/C13H9BrOS/c14-11-4-2-1-3-8(11)10-7-12(15)13-9(10)5-6-16-13/h1-6,10H,7H2. The van der Waals surface area contributed by atoms with Gasteiger partial charge in [-0.1, -0.05) is 34.1 Å². The fourth-order valence-electron chi connectivity index (χ4n) is 2.24. The summed E-state index contributed by atoms with van der Waals surface area (Å²) in [5.74, 6) is 0.523. The molecule has 1 aromatic carbocycles. The van der Waals surface area contributed by atoms with E-state index in [0.717, 1.165) is 9.35 Å². The SMILES string of the molecule is O=C1CC(c2ccccc2Br)c2ccsc21. The van der Waals surface area contributed by atoms with E-state index >= 15 is 0 Å². The zero-order valence-electron chi connectivity index (χ0n) is 8.44. The number of thiophene rings is 1. The molecule has 2 aromatic rings. The Morgan fingerprint density at radius 1 is 1.19 bits per heavy atom. The zero-order valence-corrected chi connectivity index (χ0v) is 10.8. The van der Waals surface area contributed by atoms with E-state index in [1.807, 2.05) is 23.6 Å². The third-order valence-electron chi connectivity index (χ3n) is 2.99. The molecule has 80 valence electrons. The van der Waals surface area contributed by atoms with E-state index in [4.69, 9.17) is 0 Å². The fraction of sp³-hybridized carbons (Fsp3) is 0.154. The monoisotopic (exact) mass is 292 g/mol. The largest absolute Gasteiger partial charge is 0.293 e. The van der Waals surface area contributed by atoms with Crippen molar-refractivity contribution in [2.24, 2.45) is 0 Å². The predicted octanol–water partition coefficient (Wildman–Crippen LogP) is 4.23. The topological polar surface area (TPSA) is 17.1 Å². The van der Waals surface area contributed by atoms with E-state index in [9.17, 15) is 4.79 Å². The van der Waals surface area contributed by atoms with Crippen LogP contribution in [0.25, 0.3) is 0 Å². The van der Waals surface area contributed by atoms with Crippen LogP contribution in [0.4, 0.5) is 0 Å². The zero-order chi connectivity index (χ0) is 11.1. The number of halogens is 1. The van der Waals surface area contributed by atoms with Crippen LogP contribution in [0.15, 0.2) is 40.2 Å². The third kappa shape index (κ3) is 1.46. The summed E-state index contributed by atoms with van der Waals surface area (Å²) in [5.41, 5.74) is 2.41. The lowest BCUT2D eigenvalue weighted by molar-refractivity contribution is 0.0994. The highest BCUT2D eigenvalue weighted by atomic mass is 79.9. The average Bonchev–Trinajstić information content (AvgIpc) is 2.84. The van der Waals surface area contributed by atoms with Gasteiger partial charge in [0.1, 0.15) is 0 Å². The second-order valence-corrected chi connectivity index (χ2v) is 5.68. The number of hydrogen-bond acceptors (Lipinski definition) is 2. The van der Waals surface area contributed by atoms with Gasteiger partial charge in [-0.25, -0.2) is 0 Å². The molecule has 0 saturated heterocycles. The quantitative estimate of drug-likeness (QED) is 0.769. The number of carbonyl (C=O) groups is 1. The van der Waals surface area contributed by atoms with Crippen molar-refractivity contribution >= 4 is 33.0 Å². The first-order chi connectivity index (χ1) is 7.77. The third-order valence-corrected chi connectivity index (χ3v) is 4.69. The highest BCUT2D eigenvalue weighted by Gasteiger charge is 2.32. The Morgan fingerprint density at radius 3 is 2.81 bits per heavy atom. The van der Waals surface area contributed by atoms with E-state index in [1.165, 1.54) is 11.1 Å². The van der Waals surface area contributed by atoms with Gasteiger partial charge in [0.15, 0.2) is 5.78 Å². The van der Waals surface area contributed by atoms with Crippen LogP contribution < -0.4 is 0 Å². The highest BCUT2D eigenvalue weighted by Crippen LogP contribution is 2.42. The molecule has 3 heteroatoms. The summed E-state index contributed by atoms with van der Waals surface area (Å²) < 4.78 is 1.09. The Morgan fingerprint density at radius 2 is 2.00 bits per heavy atom. The summed E-state index contributed by atoms with van der Waals surface area (Å²) in [4.78, 5) is 12.8. The van der Waals surface area contributed by atoms with E-state index in [0.29, 0.717) is 6.42 Å². The summed E-state index contributed by atoms with van der Waals surface area (Å²) in [6.45, 7) is 0. The molecule has 0 radical (unpaired) electrons. The smallest absolute Gasteiger partial charge is 0.174 e. The van der Waals surface area contributed by atoms with E-state index in [-0.39, 0.29) is 11.7 Å². The second-order valence-electron chi connectivity index (χ2n) is 3.91. The molecule has 3 rings (SSSR count). The molecule has 1 aliphatic carbocycles. The van der Waals surface area contributed by atoms with Crippen molar-refractivity contribution < 1.29 is 4.79 Å². The summed E-state index contributed by atoms with van der Waals surface area (Å²) >= 11 is 5.12. The number of hydrogen-bond donors (Lipinski definition) is 0. The van der Waals surface area contributed by atoms with Crippen molar-refractivity contribution in [3.05, 3.63) is 56.2 Å². The number of rotatable bonds is 1. The minimum absolute atomic E-state index is 0.240. The lowest BCUT2D eigenvalue weighted by Crippen LogP contribution is -1.97. The van der Waals surface area contributed by atoms with Gasteiger partial charge in [0.05, 0.1) is 4.88 Å². The van der Waals surface area contributed by atoms with Gasteiger partial charge in [0, 0.05) is 16.8 Å². The van der Waals surface area contributed by atoms with Crippen molar-refractivity contribution in [2.45, 2.75) is 12.3 Å². The molecule has 1 aliphatic rings. The van der Waals surface area contributed by atoms with Gasteiger partial charge < -0.3 is 0 Å². The molecule has 0 saturated carbocycles. The first-order valence-electron chi connectivity index (χ1n) is 5.12. The van der Waals surface area contributed by atoms with Crippen molar-refractivity contribution in [2.75, 3.05) is 0 Å².